The summed E-state index contributed by atoms with van der Waals surface area (Å²) in [6.45, 7) is 6.28. The third kappa shape index (κ3) is 7.62. The van der Waals surface area contributed by atoms with Crippen LogP contribution in [0.2, 0.25) is 10.0 Å². The van der Waals surface area contributed by atoms with Crippen molar-refractivity contribution in [1.29, 1.82) is 0 Å². The molecule has 0 aliphatic carbocycles. The highest BCUT2D eigenvalue weighted by molar-refractivity contribution is 6.35. The first-order valence-corrected chi connectivity index (χ1v) is 16.2. The molecule has 4 heterocycles. The van der Waals surface area contributed by atoms with Crippen molar-refractivity contribution >= 4 is 34.7 Å². The zero-order valence-corrected chi connectivity index (χ0v) is 27.6. The average molecular weight is 680 g/mol. The Balaban J connectivity index is 0.967. The summed E-state index contributed by atoms with van der Waals surface area (Å²) in [5.74, 6) is 0.224. The molecule has 5 aromatic rings. The van der Waals surface area contributed by atoms with Crippen molar-refractivity contribution in [3.8, 4) is 11.4 Å². The number of nitrogens with one attached hydrogen (secondary N) is 2. The van der Waals surface area contributed by atoms with Gasteiger partial charge in [0, 0.05) is 41.8 Å². The van der Waals surface area contributed by atoms with Crippen molar-refractivity contribution in [2.45, 2.75) is 44.7 Å². The number of imidazole rings is 1. The monoisotopic (exact) mass is 678 g/mol. The smallest absolute Gasteiger partial charge is 0.350 e. The van der Waals surface area contributed by atoms with E-state index in [-0.39, 0.29) is 24.4 Å². The van der Waals surface area contributed by atoms with E-state index in [1.165, 1.54) is 4.68 Å². The van der Waals surface area contributed by atoms with Gasteiger partial charge in [0.25, 0.3) is 0 Å². The lowest BCUT2D eigenvalue weighted by Crippen LogP contribution is -2.34. The molecule has 1 aliphatic heterocycles. The number of halogens is 2. The fourth-order valence-electron chi connectivity index (χ4n) is 5.24. The Morgan fingerprint density at radius 3 is 2.64 bits per heavy atom. The van der Waals surface area contributed by atoms with Crippen LogP contribution in [0.15, 0.2) is 90.6 Å². The van der Waals surface area contributed by atoms with Crippen LogP contribution in [0.3, 0.4) is 0 Å². The molecule has 1 saturated heterocycles. The number of rotatable bonds is 14. The normalized spacial score (nSPS) is 18.3. The molecule has 2 N–H and O–H groups in total. The summed E-state index contributed by atoms with van der Waals surface area (Å²) in [5.41, 5.74) is 2.26. The average Bonchev–Trinajstić information content (AvgIpc) is 3.84. The van der Waals surface area contributed by atoms with E-state index in [2.05, 4.69) is 25.7 Å². The topological polar surface area (TPSA) is 122 Å². The maximum Gasteiger partial charge on any atom is 0.350 e. The van der Waals surface area contributed by atoms with Crippen LogP contribution in [-0.4, -0.2) is 61.3 Å². The molecule has 246 valence electrons. The molecule has 1 aliphatic rings. The molecule has 3 aromatic heterocycles. The van der Waals surface area contributed by atoms with Crippen molar-refractivity contribution in [2.24, 2.45) is 0 Å². The number of hydrogen-bond donors (Lipinski definition) is 2. The second kappa shape index (κ2) is 14.6. The van der Waals surface area contributed by atoms with Gasteiger partial charge >= 0.3 is 5.69 Å². The maximum atomic E-state index is 12.7. The number of nitrogens with zero attached hydrogens (tertiary/aromatic N) is 6. The summed E-state index contributed by atoms with van der Waals surface area (Å²) in [6.07, 6.45) is 8.97. The summed E-state index contributed by atoms with van der Waals surface area (Å²) in [4.78, 5) is 21.3. The summed E-state index contributed by atoms with van der Waals surface area (Å²) < 4.78 is 23.6. The van der Waals surface area contributed by atoms with Gasteiger partial charge in [0.15, 0.2) is 0 Å². The first kappa shape index (κ1) is 32.6. The van der Waals surface area contributed by atoms with Gasteiger partial charge in [-0.1, -0.05) is 36.2 Å². The first-order valence-electron chi connectivity index (χ1n) is 15.4. The number of ether oxygens (including phenoxy) is 3. The SMILES string of the molecule is CC[C@@H](C)n1ncn(-c2ccc(NCCNc3ccc(OC[C@@H]4CO[C@@](Cn5ccnc5)(c5ccc(Cl)cc5Cl)O4)cn3)cc2)c1=O. The Bertz CT molecular complexity index is 1810. The lowest BCUT2D eigenvalue weighted by Gasteiger charge is -2.30. The van der Waals surface area contributed by atoms with Crippen molar-refractivity contribution < 1.29 is 14.2 Å². The Labute approximate surface area is 282 Å². The minimum Gasteiger partial charge on any atom is -0.489 e. The molecule has 2 aromatic carbocycles. The molecule has 14 heteroatoms. The van der Waals surface area contributed by atoms with Gasteiger partial charge in [-0.3, -0.25) is 0 Å². The highest BCUT2D eigenvalue weighted by atomic mass is 35.5. The molecule has 0 saturated carbocycles. The molecule has 0 unspecified atom stereocenters. The fourth-order valence-corrected chi connectivity index (χ4v) is 5.79. The highest BCUT2D eigenvalue weighted by Crippen LogP contribution is 2.40. The molecule has 1 fully saturated rings. The van der Waals surface area contributed by atoms with E-state index < -0.39 is 5.79 Å². The maximum absolute atomic E-state index is 12.7. The van der Waals surface area contributed by atoms with Crippen LogP contribution in [0.4, 0.5) is 11.5 Å². The molecule has 47 heavy (non-hydrogen) atoms. The molecule has 0 spiro atoms. The number of pyridine rings is 1. The predicted molar refractivity (Wildman–Crippen MR) is 181 cm³/mol. The predicted octanol–water partition coefficient (Wildman–Crippen LogP) is 5.77. The van der Waals surface area contributed by atoms with E-state index in [1.807, 2.05) is 67.1 Å². The minimum absolute atomic E-state index is 0.0545. The number of aromatic nitrogens is 6. The van der Waals surface area contributed by atoms with Crippen LogP contribution >= 0.6 is 23.2 Å². The summed E-state index contributed by atoms with van der Waals surface area (Å²) in [7, 11) is 0. The van der Waals surface area contributed by atoms with Crippen LogP contribution < -0.4 is 21.1 Å². The Morgan fingerprint density at radius 2 is 1.91 bits per heavy atom. The van der Waals surface area contributed by atoms with Gasteiger partial charge in [-0.15, -0.1) is 0 Å². The van der Waals surface area contributed by atoms with E-state index in [0.717, 1.165) is 23.6 Å². The van der Waals surface area contributed by atoms with Gasteiger partial charge < -0.3 is 29.4 Å². The zero-order chi connectivity index (χ0) is 32.8. The molecule has 6 rings (SSSR count). The Hall–Kier alpha value is -4.36. The van der Waals surface area contributed by atoms with E-state index in [0.29, 0.717) is 47.6 Å². The summed E-state index contributed by atoms with van der Waals surface area (Å²) >= 11 is 12.7. The molecular weight excluding hydrogens is 643 g/mol. The lowest BCUT2D eigenvalue weighted by molar-refractivity contribution is -0.189. The Morgan fingerprint density at radius 1 is 1.09 bits per heavy atom. The van der Waals surface area contributed by atoms with Crippen molar-refractivity contribution in [2.75, 3.05) is 36.9 Å². The van der Waals surface area contributed by atoms with Crippen molar-refractivity contribution in [1.82, 2.24) is 28.9 Å². The van der Waals surface area contributed by atoms with Gasteiger partial charge in [0.2, 0.25) is 5.79 Å². The van der Waals surface area contributed by atoms with E-state index in [9.17, 15) is 4.79 Å². The standard InChI is InChI=1S/C33H36Cl2N8O4/c1-3-23(2)43-32(44)42(22-40-43)26-7-5-25(6-8-26)37-12-13-38-31-11-9-27(17-39-31)45-18-28-19-46-33(47-28,20-41-15-14-36-21-41)29-10-4-24(34)16-30(29)35/h4-11,14-17,21-23,28,37H,3,12-13,18-20H2,1-2H3,(H,38,39)/t23-,28-,33-/m1/s1. The molecule has 0 bridgehead atoms. The largest absolute Gasteiger partial charge is 0.489 e. The minimum atomic E-state index is -1.12. The van der Waals surface area contributed by atoms with Gasteiger partial charge in [-0.05, 0) is 61.9 Å². The van der Waals surface area contributed by atoms with Crippen molar-refractivity contribution in [3.63, 3.8) is 0 Å². The van der Waals surface area contributed by atoms with E-state index in [1.54, 1.807) is 41.7 Å². The molecular formula is C33H36Cl2N8O4. The van der Waals surface area contributed by atoms with Crippen LogP contribution in [0.5, 0.6) is 5.75 Å². The van der Waals surface area contributed by atoms with Gasteiger partial charge in [-0.25, -0.2) is 24.0 Å². The van der Waals surface area contributed by atoms with Crippen molar-refractivity contribution in [3.05, 3.63) is 112 Å². The van der Waals surface area contributed by atoms with Crippen LogP contribution in [-0.2, 0) is 21.8 Å². The molecule has 0 amide bonds. The summed E-state index contributed by atoms with van der Waals surface area (Å²) in [6, 6.07) is 16.7. The number of benzene rings is 2. The number of hydrogen-bond acceptors (Lipinski definition) is 9. The van der Waals surface area contributed by atoms with E-state index >= 15 is 0 Å². The van der Waals surface area contributed by atoms with Crippen LogP contribution in [0, 0.1) is 0 Å². The van der Waals surface area contributed by atoms with Crippen LogP contribution in [0.1, 0.15) is 31.9 Å². The van der Waals surface area contributed by atoms with Gasteiger partial charge in [0.05, 0.1) is 42.4 Å². The molecule has 0 radical (unpaired) electrons. The first-order chi connectivity index (χ1) is 22.8. The van der Waals surface area contributed by atoms with Crippen LogP contribution in [0.25, 0.3) is 5.69 Å². The quantitative estimate of drug-likeness (QED) is 0.141. The third-order valence-electron chi connectivity index (χ3n) is 7.93. The fraction of sp³-hybridized carbons (Fsp3) is 0.333. The van der Waals surface area contributed by atoms with Gasteiger partial charge in [-0.2, -0.15) is 5.10 Å². The van der Waals surface area contributed by atoms with Gasteiger partial charge in [0.1, 0.15) is 30.6 Å². The summed E-state index contributed by atoms with van der Waals surface area (Å²) in [5, 5.41) is 11.9. The molecule has 3 atom stereocenters. The third-order valence-corrected chi connectivity index (χ3v) is 8.48. The molecule has 12 nitrogen and oxygen atoms in total. The second-order valence-corrected chi connectivity index (χ2v) is 12.1. The number of anilines is 2. The lowest BCUT2D eigenvalue weighted by atomic mass is 10.1. The second-order valence-electron chi connectivity index (χ2n) is 11.2. The highest BCUT2D eigenvalue weighted by Gasteiger charge is 2.45. The zero-order valence-electron chi connectivity index (χ0n) is 26.1. The van der Waals surface area contributed by atoms with E-state index in [4.69, 9.17) is 37.4 Å². The Kier molecular flexibility index (Phi) is 10.1.